The Hall–Kier alpha value is -10.2. The van der Waals surface area contributed by atoms with E-state index < -0.39 is 218 Å². The molecule has 0 aliphatic carbocycles. The number of unbranched alkanes of at least 4 members (excludes halogenated alkanes) is 3. The zero-order valence-electron chi connectivity index (χ0n) is 63.5. The molecule has 0 saturated heterocycles. The fraction of sp³-hybridized carbons (Fsp3) is 0.558. The Balaban J connectivity index is 1.39. The topological polar surface area (TPSA) is 513 Å². The van der Waals surface area contributed by atoms with Gasteiger partial charge in [0, 0.05) is 150 Å². The average molecular weight is 1560 g/mol. The number of likely N-dealkylation sites (N-methyl/N-ethyl adjacent to an activating group) is 1. The highest BCUT2D eigenvalue weighted by molar-refractivity contribution is 7.85. The Labute approximate surface area is 639 Å². The maximum Gasteiger partial charge on any atom is 0.303 e. The lowest BCUT2D eigenvalue weighted by Crippen LogP contribution is -2.49. The van der Waals surface area contributed by atoms with Gasteiger partial charge < -0.3 is 67.5 Å². The van der Waals surface area contributed by atoms with Crippen molar-refractivity contribution in [3.63, 3.8) is 0 Å². The predicted molar refractivity (Wildman–Crippen MR) is 400 cm³/mol. The van der Waals surface area contributed by atoms with Crippen molar-refractivity contribution >= 4 is 116 Å². The van der Waals surface area contributed by atoms with Crippen molar-refractivity contribution in [2.45, 2.75) is 224 Å². The maximum atomic E-state index is 14.2. The summed E-state index contributed by atoms with van der Waals surface area (Å²) in [6.45, 7) is 14.4. The number of fused-ring (bicyclic) bond motifs is 2. The molecule has 2 aromatic carbocycles. The van der Waals surface area contributed by atoms with Crippen LogP contribution in [0.3, 0.4) is 0 Å². The van der Waals surface area contributed by atoms with Gasteiger partial charge in [0.25, 0.3) is 10.1 Å². The van der Waals surface area contributed by atoms with E-state index in [9.17, 15) is 110 Å². The monoisotopic (exact) mass is 1560 g/mol. The van der Waals surface area contributed by atoms with Gasteiger partial charge in [-0.25, -0.2) is 0 Å². The van der Waals surface area contributed by atoms with Crippen LogP contribution in [-0.2, 0) is 97.6 Å². The molecule has 0 radical (unpaired) electrons. The van der Waals surface area contributed by atoms with E-state index in [0.717, 1.165) is 23.6 Å². The smallest absolute Gasteiger partial charge is 0.303 e. The molecule has 4 rings (SSSR count). The Kier molecular flexibility index (Phi) is 37.3. The highest BCUT2D eigenvalue weighted by atomic mass is 32.2. The number of aliphatic carboxylic acids is 5. The molecule has 33 heteroatoms. The van der Waals surface area contributed by atoms with Crippen LogP contribution in [0.15, 0.2) is 77.4 Å². The summed E-state index contributed by atoms with van der Waals surface area (Å²) in [4.78, 5) is 193. The summed E-state index contributed by atoms with van der Waals surface area (Å²) >= 11 is 0. The lowest BCUT2D eigenvalue weighted by Gasteiger charge is -2.25. The molecule has 0 aromatic heterocycles. The standard InChI is InChI=1S/C77H106N8O24S/c1-8-84-60-30-23-47(2)40-55(60)76(4,5)64(84)20-11-9-12-21-65-77(6,7)56-44-54(110(106,107)108)27-31-61(56)85(65)38-16-10-13-22-66(91)79-37-15-14-19-59(72(78)102)83-75(105)51(26-34-69(96)97)43-63(90)58(29-36-71(100)101)82-74(104)50(25-33-68(94)95)42-62(89)57(28-35-70(98)99)81-73(103)49(24-32-67(92)93)41-53(88)46-109-39-17-18-52(87)45-80-48(3)86/h9,11-12,20-21,23,27,30-31,40,44,49-51,57-59H,8,10,13-19,22,24-26,28-29,32-39,41-43,45-46H2,1-7H3,(H12-,78,79,80,81,82,83,86,91,92,93,94,95,96,97,98,99,100,101,102,103,104,105,106,107,108)/p+1/t49-,50-,51-,57+,58+,59+/m0/s1. The molecule has 0 fully saturated rings. The van der Waals surface area contributed by atoms with Crippen molar-refractivity contribution in [3.05, 3.63) is 89.2 Å². The van der Waals surface area contributed by atoms with Crippen LogP contribution in [-0.4, -0.2) is 195 Å². The molecule has 13 N–H and O–H groups in total. The van der Waals surface area contributed by atoms with E-state index in [2.05, 4.69) is 88.0 Å². The maximum absolute atomic E-state index is 14.2. The lowest BCUT2D eigenvalue weighted by atomic mass is 9.81. The first-order valence-electron chi connectivity index (χ1n) is 36.9. The second-order valence-electron chi connectivity index (χ2n) is 28.7. The summed E-state index contributed by atoms with van der Waals surface area (Å²) in [6.07, 6.45) is 3.49. The van der Waals surface area contributed by atoms with Gasteiger partial charge in [-0.05, 0) is 128 Å². The number of nitrogens with two attached hydrogens (primary N) is 1. The average Bonchev–Trinajstić information content (AvgIpc) is 1.60. The third kappa shape index (κ3) is 30.4. The number of nitrogens with zero attached hydrogens (tertiary/aromatic N) is 2. The predicted octanol–water partition coefficient (Wildman–Crippen LogP) is 5.77. The van der Waals surface area contributed by atoms with Gasteiger partial charge in [-0.15, -0.1) is 0 Å². The van der Waals surface area contributed by atoms with E-state index in [1.807, 2.05) is 38.2 Å². The molecular formula is C77H107N8O24S+. The molecule has 2 heterocycles. The molecular weight excluding hydrogens is 1450 g/mol. The van der Waals surface area contributed by atoms with Gasteiger partial charge in [0.05, 0.1) is 28.9 Å². The first kappa shape index (κ1) is 92.2. The van der Waals surface area contributed by atoms with E-state index in [1.54, 1.807) is 6.07 Å². The van der Waals surface area contributed by atoms with Crippen molar-refractivity contribution in [3.8, 4) is 0 Å². The molecule has 604 valence electrons. The number of carboxylic acids is 5. The minimum absolute atomic E-state index is 0.00497. The number of primary amides is 1. The highest BCUT2D eigenvalue weighted by Gasteiger charge is 2.45. The number of amides is 6. The van der Waals surface area contributed by atoms with Crippen LogP contribution < -0.4 is 37.2 Å². The Morgan fingerprint density at radius 2 is 1.11 bits per heavy atom. The number of ether oxygens (including phenoxy) is 1. The van der Waals surface area contributed by atoms with Crippen LogP contribution in [0.25, 0.3) is 0 Å². The number of carbonyl (C=O) groups excluding carboxylic acids is 10. The second kappa shape index (κ2) is 44.5. The highest BCUT2D eigenvalue weighted by Crippen LogP contribution is 2.48. The van der Waals surface area contributed by atoms with Crippen LogP contribution in [0.4, 0.5) is 11.4 Å². The number of hydrogen-bond acceptors (Lipinski definition) is 19. The van der Waals surface area contributed by atoms with Crippen molar-refractivity contribution < 1.29 is 120 Å². The number of carbonyl (C=O) groups is 15. The number of aryl methyl sites for hydroxylation is 1. The van der Waals surface area contributed by atoms with Crippen LogP contribution in [0.2, 0.25) is 0 Å². The van der Waals surface area contributed by atoms with Crippen molar-refractivity contribution in [1.82, 2.24) is 26.6 Å². The van der Waals surface area contributed by atoms with Gasteiger partial charge in [0.15, 0.2) is 28.8 Å². The first-order chi connectivity index (χ1) is 51.7. The summed E-state index contributed by atoms with van der Waals surface area (Å²) < 4.78 is 42.0. The number of hydrogen-bond donors (Lipinski definition) is 12. The van der Waals surface area contributed by atoms with Crippen LogP contribution in [0.5, 0.6) is 0 Å². The summed E-state index contributed by atoms with van der Waals surface area (Å²) in [5, 5.41) is 60.2. The minimum atomic E-state index is -4.51. The number of nitrogens with one attached hydrogen (secondary N) is 5. The Morgan fingerprint density at radius 3 is 1.63 bits per heavy atom. The van der Waals surface area contributed by atoms with Gasteiger partial charge >= 0.3 is 29.8 Å². The zero-order valence-corrected chi connectivity index (χ0v) is 64.3. The molecule has 2 aliphatic heterocycles. The van der Waals surface area contributed by atoms with Crippen molar-refractivity contribution in [1.29, 1.82) is 0 Å². The summed E-state index contributed by atoms with van der Waals surface area (Å²) in [6, 6.07) is 6.10. The SMILES string of the molecule is CCN1C(=CC=CC=CC2=[N+](CCCCCC(=O)NCCCC[C@@H](NC(=O)[C@@H](CCC(=O)O)CC(=O)[C@@H](CCC(=O)O)NC(=O)[C@@H](CCC(=O)O)CC(=O)[C@@H](CCC(=O)O)NC(=O)[C@@H](CCC(=O)O)CC(=O)COCCCC(=O)CNC(C)=O)C(N)=O)c3ccc(S(=O)(=O)O)cc3C2(C)C)C(C)(C)c2cc(C)ccc21. The van der Waals surface area contributed by atoms with Gasteiger partial charge in [0.1, 0.15) is 19.2 Å². The molecule has 0 unspecified atom stereocenters. The molecule has 2 aromatic rings. The summed E-state index contributed by atoms with van der Waals surface area (Å²) in [5.41, 5.74) is 12.0. The molecule has 6 amide bonds. The van der Waals surface area contributed by atoms with E-state index >= 15 is 0 Å². The fourth-order valence-electron chi connectivity index (χ4n) is 13.2. The van der Waals surface area contributed by atoms with Crippen LogP contribution in [0, 0.1) is 24.7 Å². The van der Waals surface area contributed by atoms with E-state index in [1.165, 1.54) is 35.9 Å². The minimum Gasteiger partial charge on any atom is -0.481 e. The first-order valence-corrected chi connectivity index (χ1v) is 38.3. The number of anilines is 1. The van der Waals surface area contributed by atoms with Gasteiger partial charge in [0.2, 0.25) is 41.1 Å². The number of carboxylic acid groups (broad SMARTS) is 5. The molecule has 32 nitrogen and oxygen atoms in total. The number of ketones is 4. The zero-order chi connectivity index (χ0) is 82.2. The van der Waals surface area contributed by atoms with Gasteiger partial charge in [-0.3, -0.25) is 76.5 Å². The van der Waals surface area contributed by atoms with E-state index in [0.29, 0.717) is 37.8 Å². The van der Waals surface area contributed by atoms with Crippen LogP contribution in [0.1, 0.15) is 199 Å². The fourth-order valence-corrected chi connectivity index (χ4v) is 13.7. The summed E-state index contributed by atoms with van der Waals surface area (Å²) in [7, 11) is -4.51. The van der Waals surface area contributed by atoms with Crippen LogP contribution >= 0.6 is 0 Å². The number of benzene rings is 2. The largest absolute Gasteiger partial charge is 0.481 e. The van der Waals surface area contributed by atoms with E-state index in [4.69, 9.17) is 10.5 Å². The normalized spacial score (nSPS) is 15.5. The van der Waals surface area contributed by atoms with Crippen molar-refractivity contribution in [2.24, 2.45) is 23.5 Å². The number of Topliss-reactive ketones (excluding diaryl/α,β-unsaturated/α-hetero) is 4. The van der Waals surface area contributed by atoms with E-state index in [-0.39, 0.29) is 73.8 Å². The Morgan fingerprint density at radius 1 is 0.573 bits per heavy atom. The Bertz CT molecular complexity index is 3970. The third-order valence-electron chi connectivity index (χ3n) is 19.3. The van der Waals surface area contributed by atoms with Gasteiger partial charge in [-0.2, -0.15) is 13.0 Å². The summed E-state index contributed by atoms with van der Waals surface area (Å²) in [5.74, 6) is -19.9. The van der Waals surface area contributed by atoms with Crippen molar-refractivity contribution in [2.75, 3.05) is 44.3 Å². The molecule has 2 aliphatic rings. The third-order valence-corrected chi connectivity index (χ3v) is 20.1. The quantitative estimate of drug-likeness (QED) is 0.0162. The second-order valence-corrected chi connectivity index (χ2v) is 30.1. The van der Waals surface area contributed by atoms with Gasteiger partial charge in [-0.1, -0.05) is 49.8 Å². The molecule has 0 spiro atoms. The molecule has 6 atom stereocenters. The molecule has 110 heavy (non-hydrogen) atoms. The lowest BCUT2D eigenvalue weighted by molar-refractivity contribution is -0.438. The molecule has 0 bridgehead atoms. The number of rotatable bonds is 54. The number of allylic oxidation sites excluding steroid dienone is 6. The molecule has 0 saturated carbocycles.